The van der Waals surface area contributed by atoms with E-state index < -0.39 is 0 Å². The minimum Gasteiger partial charge on any atom is -0.494 e. The molecule has 0 spiro atoms. The summed E-state index contributed by atoms with van der Waals surface area (Å²) < 4.78 is 22.6. The van der Waals surface area contributed by atoms with Crippen LogP contribution in [0, 0.1) is 0 Å². The molecule has 0 N–H and O–H groups in total. The Hall–Kier alpha value is -2.30. The Bertz CT molecular complexity index is 1040. The lowest BCUT2D eigenvalue weighted by Crippen LogP contribution is -2.04. The number of ether oxygens (including phenoxy) is 4. The molecule has 2 aliphatic heterocycles. The Morgan fingerprint density at radius 1 is 0.571 bits per heavy atom. The van der Waals surface area contributed by atoms with Crippen molar-refractivity contribution in [2.45, 2.75) is 127 Å². The maximum atomic E-state index is 6.02. The molecule has 2 aromatic rings. The van der Waals surface area contributed by atoms with Crippen molar-refractivity contribution < 1.29 is 18.9 Å². The zero-order valence-electron chi connectivity index (χ0n) is 25.9. The van der Waals surface area contributed by atoms with Crippen molar-refractivity contribution in [3.05, 3.63) is 65.7 Å². The third-order valence-electron chi connectivity index (χ3n) is 9.17. The number of allylic oxidation sites excluding steroid dienone is 2. The summed E-state index contributed by atoms with van der Waals surface area (Å²) >= 11 is 0. The van der Waals surface area contributed by atoms with E-state index in [1.165, 1.54) is 100 Å². The Labute approximate surface area is 255 Å². The highest BCUT2D eigenvalue weighted by Crippen LogP contribution is 2.37. The fourth-order valence-electron chi connectivity index (χ4n) is 6.21. The van der Waals surface area contributed by atoms with Gasteiger partial charge in [0.2, 0.25) is 0 Å². The van der Waals surface area contributed by atoms with E-state index in [9.17, 15) is 0 Å². The van der Waals surface area contributed by atoms with Crippen molar-refractivity contribution in [3.8, 4) is 11.5 Å². The smallest absolute Gasteiger partial charge is 0.119 e. The maximum absolute atomic E-state index is 6.02. The molecule has 3 aliphatic rings. The highest BCUT2D eigenvalue weighted by atomic mass is 16.6. The zero-order valence-corrected chi connectivity index (χ0v) is 25.9. The third kappa shape index (κ3) is 11.8. The summed E-state index contributed by atoms with van der Waals surface area (Å²) in [5.74, 6) is 2.60. The van der Waals surface area contributed by atoms with Gasteiger partial charge in [0.1, 0.15) is 11.5 Å². The molecule has 3 unspecified atom stereocenters. The van der Waals surface area contributed by atoms with Gasteiger partial charge in [0.25, 0.3) is 0 Å². The van der Waals surface area contributed by atoms with Crippen LogP contribution in [0.4, 0.5) is 0 Å². The first-order valence-corrected chi connectivity index (χ1v) is 17.2. The first-order chi connectivity index (χ1) is 20.8. The SMILES string of the molecule is C1=C(c2ccc(OCCCCCCCCC3CO3)cc2)CCC(c2ccc(OCCCCCCCCC3CO3)cc2)C1. The van der Waals surface area contributed by atoms with E-state index in [1.54, 1.807) is 0 Å². The minimum atomic E-state index is 0.595. The van der Waals surface area contributed by atoms with Crippen LogP contribution >= 0.6 is 0 Å². The molecule has 1 aliphatic carbocycles. The van der Waals surface area contributed by atoms with Crippen LogP contribution in [-0.4, -0.2) is 38.6 Å². The Balaban J connectivity index is 0.910. The van der Waals surface area contributed by atoms with Crippen molar-refractivity contribution in [1.29, 1.82) is 0 Å². The maximum Gasteiger partial charge on any atom is 0.119 e. The first kappa shape index (κ1) is 31.1. The van der Waals surface area contributed by atoms with Gasteiger partial charge >= 0.3 is 0 Å². The van der Waals surface area contributed by atoms with Crippen LogP contribution < -0.4 is 9.47 Å². The second-order valence-corrected chi connectivity index (χ2v) is 12.7. The normalized spacial score (nSPS) is 21.1. The van der Waals surface area contributed by atoms with Crippen molar-refractivity contribution >= 4 is 5.57 Å². The van der Waals surface area contributed by atoms with E-state index in [4.69, 9.17) is 18.9 Å². The molecule has 0 aromatic heterocycles. The highest BCUT2D eigenvalue weighted by Gasteiger charge is 2.21. The molecule has 0 radical (unpaired) electrons. The minimum absolute atomic E-state index is 0.595. The van der Waals surface area contributed by atoms with E-state index in [2.05, 4.69) is 54.6 Å². The third-order valence-corrected chi connectivity index (χ3v) is 9.17. The van der Waals surface area contributed by atoms with Gasteiger partial charge in [0.15, 0.2) is 0 Å². The summed E-state index contributed by atoms with van der Waals surface area (Å²) in [7, 11) is 0. The molecule has 230 valence electrons. The topological polar surface area (TPSA) is 43.5 Å². The molecule has 4 heteroatoms. The first-order valence-electron chi connectivity index (χ1n) is 17.2. The molecule has 42 heavy (non-hydrogen) atoms. The fourth-order valence-corrected chi connectivity index (χ4v) is 6.21. The highest BCUT2D eigenvalue weighted by molar-refractivity contribution is 5.67. The molecule has 2 fully saturated rings. The Kier molecular flexibility index (Phi) is 13.1. The van der Waals surface area contributed by atoms with Crippen LogP contribution in [0.2, 0.25) is 0 Å². The van der Waals surface area contributed by atoms with Crippen LogP contribution in [0.25, 0.3) is 5.57 Å². The average Bonchev–Trinajstić information content (AvgIpc) is 3.97. The van der Waals surface area contributed by atoms with E-state index in [0.717, 1.165) is 63.6 Å². The standard InChI is InChI=1S/C38H54O4/c1(5-9-13-37-29-41-37)3-7-11-27-39-35-23-19-33(20-24-35)31-15-17-32(18-16-31)34-21-25-36(26-22-34)40-28-12-8-4-2-6-10-14-38-30-42-38/h15,19-26,32,37-38H,1-14,16-18,27-30H2. The summed E-state index contributed by atoms with van der Waals surface area (Å²) in [4.78, 5) is 0. The summed E-state index contributed by atoms with van der Waals surface area (Å²) in [6.45, 7) is 3.65. The summed E-state index contributed by atoms with van der Waals surface area (Å²) in [6, 6.07) is 17.7. The van der Waals surface area contributed by atoms with Crippen LogP contribution in [-0.2, 0) is 9.47 Å². The van der Waals surface area contributed by atoms with Crippen LogP contribution in [0.1, 0.15) is 126 Å². The second kappa shape index (κ2) is 17.7. The molecule has 2 heterocycles. The number of hydrogen-bond acceptors (Lipinski definition) is 4. The van der Waals surface area contributed by atoms with Gasteiger partial charge in [-0.2, -0.15) is 0 Å². The Morgan fingerprint density at radius 3 is 1.52 bits per heavy atom. The fraction of sp³-hybridized carbons (Fsp3) is 0.632. The van der Waals surface area contributed by atoms with Gasteiger partial charge in [-0.15, -0.1) is 0 Å². The van der Waals surface area contributed by atoms with E-state index in [0.29, 0.717) is 18.1 Å². The largest absolute Gasteiger partial charge is 0.494 e. The summed E-state index contributed by atoms with van der Waals surface area (Å²) in [6.07, 6.45) is 25.1. The summed E-state index contributed by atoms with van der Waals surface area (Å²) in [5, 5.41) is 0. The van der Waals surface area contributed by atoms with Gasteiger partial charge in [-0.25, -0.2) is 0 Å². The lowest BCUT2D eigenvalue weighted by molar-refractivity contribution is 0.304. The zero-order chi connectivity index (χ0) is 28.7. The molecule has 3 atom stereocenters. The van der Waals surface area contributed by atoms with Gasteiger partial charge in [-0.3, -0.25) is 0 Å². The number of benzene rings is 2. The molecular weight excluding hydrogens is 520 g/mol. The summed E-state index contributed by atoms with van der Waals surface area (Å²) in [5.41, 5.74) is 4.25. The number of epoxide rings is 2. The number of rotatable bonds is 22. The van der Waals surface area contributed by atoms with Crippen LogP contribution in [0.15, 0.2) is 54.6 Å². The van der Waals surface area contributed by atoms with Gasteiger partial charge in [0, 0.05) is 0 Å². The lowest BCUT2D eigenvalue weighted by Gasteiger charge is -2.23. The molecule has 2 aromatic carbocycles. The molecule has 5 rings (SSSR count). The molecular formula is C38H54O4. The van der Waals surface area contributed by atoms with Crippen molar-refractivity contribution in [3.63, 3.8) is 0 Å². The molecule has 0 bridgehead atoms. The van der Waals surface area contributed by atoms with Crippen LogP contribution in [0.5, 0.6) is 11.5 Å². The van der Waals surface area contributed by atoms with Gasteiger partial charge in [0.05, 0.1) is 38.6 Å². The lowest BCUT2D eigenvalue weighted by atomic mass is 9.83. The molecule has 2 saturated heterocycles. The van der Waals surface area contributed by atoms with Gasteiger partial charge < -0.3 is 18.9 Å². The second-order valence-electron chi connectivity index (χ2n) is 12.7. The van der Waals surface area contributed by atoms with Gasteiger partial charge in [-0.1, -0.05) is 94.5 Å². The number of hydrogen-bond donors (Lipinski definition) is 0. The van der Waals surface area contributed by atoms with Crippen molar-refractivity contribution in [2.24, 2.45) is 0 Å². The van der Waals surface area contributed by atoms with Crippen molar-refractivity contribution in [1.82, 2.24) is 0 Å². The monoisotopic (exact) mass is 574 g/mol. The van der Waals surface area contributed by atoms with E-state index >= 15 is 0 Å². The average molecular weight is 575 g/mol. The molecule has 4 nitrogen and oxygen atoms in total. The van der Waals surface area contributed by atoms with Gasteiger partial charge in [-0.05, 0) is 91.8 Å². The van der Waals surface area contributed by atoms with E-state index in [-0.39, 0.29) is 0 Å². The molecule has 0 amide bonds. The molecule has 0 saturated carbocycles. The predicted molar refractivity (Wildman–Crippen MR) is 173 cm³/mol. The Morgan fingerprint density at radius 2 is 1.05 bits per heavy atom. The van der Waals surface area contributed by atoms with E-state index in [1.807, 2.05) is 0 Å². The van der Waals surface area contributed by atoms with Crippen molar-refractivity contribution in [2.75, 3.05) is 26.4 Å². The predicted octanol–water partition coefficient (Wildman–Crippen LogP) is 10.1. The van der Waals surface area contributed by atoms with Crippen LogP contribution in [0.3, 0.4) is 0 Å². The quantitative estimate of drug-likeness (QED) is 0.104. The number of unbranched alkanes of at least 4 members (excludes halogenated alkanes) is 10.